The van der Waals surface area contributed by atoms with Crippen LogP contribution < -0.4 is 19.8 Å². The standard InChI is InChI=1S/C33H33FN4O5/c1-6-36(2)20-26-32(33(40)38(37(26)3)22-10-8-7-9-11-22)27(39)17-21-12-13-29(24(34)16-21)43-28-14-15-35-25-19-31(42-5)30(41-4)18-23(25)28/h7-16,18-19H,6,17,20H2,1-5H3. The van der Waals surface area contributed by atoms with E-state index in [2.05, 4.69) is 4.98 Å². The van der Waals surface area contributed by atoms with Gasteiger partial charge in [-0.3, -0.25) is 19.3 Å². The number of hydrogen-bond donors (Lipinski definition) is 0. The van der Waals surface area contributed by atoms with Crippen molar-refractivity contribution < 1.29 is 23.4 Å². The quantitative estimate of drug-likeness (QED) is 0.188. The van der Waals surface area contributed by atoms with Crippen LogP contribution in [0.15, 0.2) is 77.7 Å². The second kappa shape index (κ2) is 12.5. The highest BCUT2D eigenvalue weighted by Gasteiger charge is 2.25. The molecular weight excluding hydrogens is 551 g/mol. The maximum Gasteiger partial charge on any atom is 0.282 e. The van der Waals surface area contributed by atoms with Crippen LogP contribution in [0.4, 0.5) is 4.39 Å². The van der Waals surface area contributed by atoms with Gasteiger partial charge >= 0.3 is 0 Å². The number of ketones is 1. The lowest BCUT2D eigenvalue weighted by Gasteiger charge is -2.16. The minimum Gasteiger partial charge on any atom is -0.493 e. The Morgan fingerprint density at radius 3 is 2.35 bits per heavy atom. The molecule has 10 heteroatoms. The van der Waals surface area contributed by atoms with E-state index in [4.69, 9.17) is 14.2 Å². The number of carbonyl (C=O) groups excluding carboxylic acids is 1. The number of halogens is 1. The van der Waals surface area contributed by atoms with Gasteiger partial charge in [0.2, 0.25) is 0 Å². The first-order chi connectivity index (χ1) is 20.7. The number of hydrogen-bond acceptors (Lipinski definition) is 7. The van der Waals surface area contributed by atoms with Gasteiger partial charge in [0.25, 0.3) is 5.56 Å². The molecule has 0 aliphatic rings. The van der Waals surface area contributed by atoms with Crippen LogP contribution in [-0.4, -0.2) is 52.8 Å². The van der Waals surface area contributed by atoms with E-state index in [0.29, 0.717) is 51.6 Å². The molecule has 0 fully saturated rings. The van der Waals surface area contributed by atoms with Gasteiger partial charge in [0, 0.05) is 37.7 Å². The highest BCUT2D eigenvalue weighted by atomic mass is 19.1. The van der Waals surface area contributed by atoms with Gasteiger partial charge in [-0.2, -0.15) is 0 Å². The Hall–Kier alpha value is -4.96. The molecule has 2 heterocycles. The highest BCUT2D eigenvalue weighted by Crippen LogP contribution is 2.37. The zero-order chi connectivity index (χ0) is 30.7. The smallest absolute Gasteiger partial charge is 0.282 e. The fraction of sp³-hybridized carbons (Fsp3) is 0.242. The molecule has 0 saturated carbocycles. The molecule has 0 aliphatic carbocycles. The predicted octanol–water partition coefficient (Wildman–Crippen LogP) is 5.55. The van der Waals surface area contributed by atoms with Crippen molar-refractivity contribution in [2.45, 2.75) is 19.9 Å². The summed E-state index contributed by atoms with van der Waals surface area (Å²) in [5, 5.41) is 0.613. The van der Waals surface area contributed by atoms with Crippen LogP contribution in [0, 0.1) is 5.82 Å². The van der Waals surface area contributed by atoms with Crippen molar-refractivity contribution >= 4 is 16.7 Å². The maximum absolute atomic E-state index is 15.3. The SMILES string of the molecule is CCN(C)Cc1c(C(=O)Cc2ccc(Oc3ccnc4cc(OC)c(OC)cc34)c(F)c2)c(=O)n(-c2ccccc2)n1C. The van der Waals surface area contributed by atoms with Crippen LogP contribution in [0.5, 0.6) is 23.0 Å². The van der Waals surface area contributed by atoms with Gasteiger partial charge < -0.3 is 19.1 Å². The first kappa shape index (κ1) is 29.5. The van der Waals surface area contributed by atoms with Crippen LogP contribution in [-0.2, 0) is 20.0 Å². The lowest BCUT2D eigenvalue weighted by molar-refractivity contribution is 0.0990. The van der Waals surface area contributed by atoms with E-state index in [0.717, 1.165) is 6.54 Å². The summed E-state index contributed by atoms with van der Waals surface area (Å²) >= 11 is 0. The van der Waals surface area contributed by atoms with Gasteiger partial charge in [-0.15, -0.1) is 0 Å². The van der Waals surface area contributed by atoms with Gasteiger partial charge in [-0.1, -0.05) is 31.2 Å². The van der Waals surface area contributed by atoms with Gasteiger partial charge in [0.05, 0.1) is 31.1 Å². The van der Waals surface area contributed by atoms with Crippen LogP contribution in [0.2, 0.25) is 0 Å². The average molecular weight is 585 g/mol. The minimum absolute atomic E-state index is 0.0186. The normalized spacial score (nSPS) is 11.2. The van der Waals surface area contributed by atoms with Crippen LogP contribution >= 0.6 is 0 Å². The van der Waals surface area contributed by atoms with Crippen molar-refractivity contribution in [3.05, 3.63) is 106 Å². The second-order valence-electron chi connectivity index (χ2n) is 10.1. The molecule has 0 bridgehead atoms. The summed E-state index contributed by atoms with van der Waals surface area (Å²) in [5.41, 5.74) is 1.95. The van der Waals surface area contributed by atoms with E-state index >= 15 is 4.39 Å². The van der Waals surface area contributed by atoms with Crippen molar-refractivity contribution in [2.24, 2.45) is 7.05 Å². The Morgan fingerprint density at radius 2 is 1.67 bits per heavy atom. The zero-order valence-corrected chi connectivity index (χ0v) is 24.8. The summed E-state index contributed by atoms with van der Waals surface area (Å²) in [6, 6.07) is 18.6. The number of carbonyl (C=O) groups is 1. The molecule has 0 aliphatic heterocycles. The monoisotopic (exact) mass is 584 g/mol. The molecule has 5 rings (SSSR count). The number of rotatable bonds is 11. The molecular formula is C33H33FN4O5. The lowest BCUT2D eigenvalue weighted by atomic mass is 10.0. The van der Waals surface area contributed by atoms with Crippen molar-refractivity contribution in [1.82, 2.24) is 19.2 Å². The molecule has 0 radical (unpaired) electrons. The Bertz CT molecular complexity index is 1850. The summed E-state index contributed by atoms with van der Waals surface area (Å²) in [5.74, 6) is 0.330. The minimum atomic E-state index is -0.642. The number of aromatic nitrogens is 3. The second-order valence-corrected chi connectivity index (χ2v) is 10.1. The Labute approximate surface area is 248 Å². The number of methoxy groups -OCH3 is 2. The van der Waals surface area contributed by atoms with Gasteiger partial charge in [-0.25, -0.2) is 9.07 Å². The average Bonchev–Trinajstić information content (AvgIpc) is 3.26. The van der Waals surface area contributed by atoms with Gasteiger partial charge in [0.1, 0.15) is 11.3 Å². The van der Waals surface area contributed by atoms with Gasteiger partial charge in [0.15, 0.2) is 28.8 Å². The van der Waals surface area contributed by atoms with E-state index in [1.54, 1.807) is 42.2 Å². The predicted molar refractivity (Wildman–Crippen MR) is 162 cm³/mol. The molecule has 3 aromatic carbocycles. The molecule has 222 valence electrons. The molecule has 0 saturated heterocycles. The Morgan fingerprint density at radius 1 is 0.953 bits per heavy atom. The topological polar surface area (TPSA) is 87.8 Å². The third kappa shape index (κ3) is 5.87. The zero-order valence-electron chi connectivity index (χ0n) is 24.8. The summed E-state index contributed by atoms with van der Waals surface area (Å²) < 4.78 is 35.3. The van der Waals surface area contributed by atoms with Crippen molar-refractivity contribution in [3.8, 4) is 28.7 Å². The van der Waals surface area contributed by atoms with Crippen LogP contribution in [0.1, 0.15) is 28.5 Å². The number of para-hydroxylation sites is 1. The van der Waals surface area contributed by atoms with Crippen LogP contribution in [0.3, 0.4) is 0 Å². The maximum atomic E-state index is 15.3. The number of fused-ring (bicyclic) bond motifs is 1. The fourth-order valence-electron chi connectivity index (χ4n) is 5.00. The summed E-state index contributed by atoms with van der Waals surface area (Å²) in [7, 11) is 6.75. The number of nitrogens with zero attached hydrogens (tertiary/aromatic N) is 4. The molecule has 0 spiro atoms. The first-order valence-electron chi connectivity index (χ1n) is 13.8. The summed E-state index contributed by atoms with van der Waals surface area (Å²) in [6.07, 6.45) is 1.41. The molecule has 0 amide bonds. The number of Topliss-reactive ketones (excluding diaryl/α,β-unsaturated/α-hetero) is 1. The van der Waals surface area contributed by atoms with E-state index in [9.17, 15) is 9.59 Å². The molecule has 2 aromatic heterocycles. The largest absolute Gasteiger partial charge is 0.493 e. The number of benzene rings is 3. The first-order valence-corrected chi connectivity index (χ1v) is 13.8. The number of ether oxygens (including phenoxy) is 3. The molecule has 0 N–H and O–H groups in total. The van der Waals surface area contributed by atoms with Crippen molar-refractivity contribution in [2.75, 3.05) is 27.8 Å². The Balaban J connectivity index is 1.44. The van der Waals surface area contributed by atoms with Gasteiger partial charge in [-0.05, 0) is 55.6 Å². The third-order valence-electron chi connectivity index (χ3n) is 7.41. The lowest BCUT2D eigenvalue weighted by Crippen LogP contribution is -2.23. The molecule has 0 atom stereocenters. The molecule has 43 heavy (non-hydrogen) atoms. The highest BCUT2D eigenvalue weighted by molar-refractivity contribution is 5.98. The number of pyridine rings is 1. The molecule has 9 nitrogen and oxygen atoms in total. The fourth-order valence-corrected chi connectivity index (χ4v) is 5.00. The van der Waals surface area contributed by atoms with E-state index < -0.39 is 11.4 Å². The third-order valence-corrected chi connectivity index (χ3v) is 7.41. The van der Waals surface area contributed by atoms with E-state index in [1.165, 1.54) is 31.0 Å². The summed E-state index contributed by atoms with van der Waals surface area (Å²) in [4.78, 5) is 33.6. The molecule has 5 aromatic rings. The van der Waals surface area contributed by atoms with Crippen molar-refractivity contribution in [1.29, 1.82) is 0 Å². The summed E-state index contributed by atoms with van der Waals surface area (Å²) in [6.45, 7) is 3.14. The molecule has 0 unspecified atom stereocenters. The van der Waals surface area contributed by atoms with Crippen molar-refractivity contribution in [3.63, 3.8) is 0 Å². The van der Waals surface area contributed by atoms with Crippen LogP contribution in [0.25, 0.3) is 16.6 Å². The Kier molecular flexibility index (Phi) is 8.58. The van der Waals surface area contributed by atoms with E-state index in [1.807, 2.05) is 49.2 Å². The van der Waals surface area contributed by atoms with E-state index in [-0.39, 0.29) is 23.5 Å².